The second-order valence-corrected chi connectivity index (χ2v) is 7.06. The minimum Gasteiger partial charge on any atom is -0.464 e. The zero-order valence-electron chi connectivity index (χ0n) is 15.5. The van der Waals surface area contributed by atoms with Gasteiger partial charge in [0.1, 0.15) is 11.9 Å². The van der Waals surface area contributed by atoms with E-state index in [0.29, 0.717) is 41.7 Å². The average Bonchev–Trinajstić information content (AvgIpc) is 3.19. The molecule has 148 valence electrons. The van der Waals surface area contributed by atoms with Crippen LogP contribution < -0.4 is 14.8 Å². The van der Waals surface area contributed by atoms with Crippen LogP contribution in [0.1, 0.15) is 17.2 Å². The molecule has 8 heteroatoms. The van der Waals surface area contributed by atoms with Crippen LogP contribution in [0.15, 0.2) is 60.0 Å². The highest BCUT2D eigenvalue weighted by atomic mass is 16.7. The molecule has 0 radical (unpaired) electrons. The Labute approximate surface area is 166 Å². The largest absolute Gasteiger partial charge is 0.464 e. The maximum atomic E-state index is 12.9. The summed E-state index contributed by atoms with van der Waals surface area (Å²) in [6, 6.07) is 14.6. The van der Waals surface area contributed by atoms with Crippen LogP contribution in [-0.4, -0.2) is 46.8 Å². The highest BCUT2D eigenvalue weighted by molar-refractivity contribution is 5.99. The number of amides is 2. The minimum absolute atomic E-state index is 0.138. The van der Waals surface area contributed by atoms with Crippen LogP contribution in [0.3, 0.4) is 0 Å². The summed E-state index contributed by atoms with van der Waals surface area (Å²) in [5.41, 5.74) is 2.35. The smallest absolute Gasteiger partial charge is 0.418 e. The molecule has 1 atom stereocenters. The standard InChI is InChI=1S/C21H19N3O5/c25-20-18(14-6-7-16-17(10-14)29-12-28-16)23-11-15(24(20)21(26)27)19(23)22-9-8-13-4-2-1-3-5-13/h1-7,10,18,22H,8-9,11-12H2,(H,26,27). The molecule has 4 aliphatic rings. The molecule has 8 nitrogen and oxygen atoms in total. The Balaban J connectivity index is 1.40. The molecule has 1 fully saturated rings. The number of benzene rings is 2. The molecule has 2 aromatic rings. The maximum absolute atomic E-state index is 12.9. The number of ether oxygens (including phenoxy) is 2. The van der Waals surface area contributed by atoms with Crippen molar-refractivity contribution in [1.82, 2.24) is 15.1 Å². The summed E-state index contributed by atoms with van der Waals surface area (Å²) in [6.45, 7) is 1.17. The number of hydrogen-bond acceptors (Lipinski definition) is 6. The summed E-state index contributed by atoms with van der Waals surface area (Å²) in [7, 11) is 0. The predicted molar refractivity (Wildman–Crippen MR) is 102 cm³/mol. The van der Waals surface area contributed by atoms with Crippen molar-refractivity contribution in [3.8, 4) is 11.5 Å². The van der Waals surface area contributed by atoms with E-state index in [0.717, 1.165) is 11.3 Å². The molecule has 4 aliphatic heterocycles. The van der Waals surface area contributed by atoms with E-state index in [1.54, 1.807) is 18.2 Å². The number of hydrogen-bond donors (Lipinski definition) is 2. The number of nitrogens with zero attached hydrogens (tertiary/aromatic N) is 2. The van der Waals surface area contributed by atoms with Crippen LogP contribution in [-0.2, 0) is 11.2 Å². The van der Waals surface area contributed by atoms with Crippen LogP contribution in [0, 0.1) is 0 Å². The van der Waals surface area contributed by atoms with Gasteiger partial charge in [-0.2, -0.15) is 0 Å². The summed E-state index contributed by atoms with van der Waals surface area (Å²) in [4.78, 5) is 27.5. The molecule has 2 amide bonds. The van der Waals surface area contributed by atoms with Gasteiger partial charge < -0.3 is 24.8 Å². The average molecular weight is 393 g/mol. The van der Waals surface area contributed by atoms with Gasteiger partial charge in [-0.05, 0) is 29.7 Å². The Morgan fingerprint density at radius 1 is 1.14 bits per heavy atom. The molecular weight excluding hydrogens is 374 g/mol. The molecule has 2 bridgehead atoms. The molecule has 2 N–H and O–H groups in total. The zero-order chi connectivity index (χ0) is 20.0. The Bertz CT molecular complexity index is 1020. The summed E-state index contributed by atoms with van der Waals surface area (Å²) >= 11 is 0. The quantitative estimate of drug-likeness (QED) is 0.805. The molecule has 4 heterocycles. The number of carbonyl (C=O) groups is 2. The summed E-state index contributed by atoms with van der Waals surface area (Å²) in [5.74, 6) is 1.39. The van der Waals surface area contributed by atoms with Crippen molar-refractivity contribution in [2.75, 3.05) is 19.9 Å². The molecule has 0 aromatic heterocycles. The van der Waals surface area contributed by atoms with E-state index in [1.165, 1.54) is 5.56 Å². The number of imide groups is 1. The minimum atomic E-state index is -1.27. The number of rotatable bonds is 5. The topological polar surface area (TPSA) is 91.3 Å². The van der Waals surface area contributed by atoms with Gasteiger partial charge in [-0.15, -0.1) is 0 Å². The van der Waals surface area contributed by atoms with Crippen molar-refractivity contribution in [3.05, 3.63) is 71.2 Å². The molecule has 6 rings (SSSR count). The third-order valence-electron chi connectivity index (χ3n) is 5.37. The normalized spacial score (nSPS) is 19.3. The van der Waals surface area contributed by atoms with Crippen molar-refractivity contribution < 1.29 is 24.2 Å². The van der Waals surface area contributed by atoms with E-state index in [-0.39, 0.29) is 6.79 Å². The molecule has 29 heavy (non-hydrogen) atoms. The van der Waals surface area contributed by atoms with Crippen LogP contribution in [0.25, 0.3) is 0 Å². The number of fused-ring (bicyclic) bond motifs is 3. The molecule has 0 aliphatic carbocycles. The van der Waals surface area contributed by atoms with E-state index >= 15 is 0 Å². The van der Waals surface area contributed by atoms with Gasteiger partial charge in [-0.3, -0.25) is 4.79 Å². The lowest BCUT2D eigenvalue weighted by Gasteiger charge is -2.51. The van der Waals surface area contributed by atoms with E-state index < -0.39 is 18.0 Å². The Kier molecular flexibility index (Phi) is 4.04. The van der Waals surface area contributed by atoms with Crippen molar-refractivity contribution in [1.29, 1.82) is 0 Å². The predicted octanol–water partition coefficient (Wildman–Crippen LogP) is 2.29. The van der Waals surface area contributed by atoms with Gasteiger partial charge in [0, 0.05) is 6.54 Å². The summed E-state index contributed by atoms with van der Waals surface area (Å²) in [6.07, 6.45) is -0.473. The molecule has 0 saturated carbocycles. The lowest BCUT2D eigenvalue weighted by Crippen LogP contribution is -2.62. The third kappa shape index (κ3) is 2.84. The van der Waals surface area contributed by atoms with Gasteiger partial charge in [0.2, 0.25) is 6.79 Å². The lowest BCUT2D eigenvalue weighted by atomic mass is 9.95. The number of piperazine rings is 1. The van der Waals surface area contributed by atoms with E-state index in [9.17, 15) is 14.7 Å². The number of carboxylic acid groups (broad SMARTS) is 1. The van der Waals surface area contributed by atoms with E-state index in [4.69, 9.17) is 9.47 Å². The van der Waals surface area contributed by atoms with Crippen LogP contribution in [0.4, 0.5) is 4.79 Å². The number of carbonyl (C=O) groups excluding carboxylic acids is 1. The first-order valence-electron chi connectivity index (χ1n) is 9.37. The fraction of sp³-hybridized carbons (Fsp3) is 0.238. The first kappa shape index (κ1) is 17.4. The van der Waals surface area contributed by atoms with Crippen molar-refractivity contribution in [2.45, 2.75) is 12.5 Å². The van der Waals surface area contributed by atoms with Crippen LogP contribution in [0.5, 0.6) is 11.5 Å². The van der Waals surface area contributed by atoms with Crippen LogP contribution in [0.2, 0.25) is 0 Å². The molecule has 2 aromatic carbocycles. The van der Waals surface area contributed by atoms with Gasteiger partial charge in [-0.25, -0.2) is 9.69 Å². The maximum Gasteiger partial charge on any atom is 0.418 e. The fourth-order valence-electron chi connectivity index (χ4n) is 3.96. The Hall–Kier alpha value is -3.68. The van der Waals surface area contributed by atoms with Crippen molar-refractivity contribution >= 4 is 12.0 Å². The van der Waals surface area contributed by atoms with Gasteiger partial charge in [0.25, 0.3) is 5.91 Å². The SMILES string of the molecule is O=C(O)N1C(=O)C(c2ccc3c(c2)OCO3)N2CC1=C2NCCc1ccccc1. The molecule has 1 unspecified atom stereocenters. The van der Waals surface area contributed by atoms with Gasteiger partial charge in [0.05, 0.1) is 12.2 Å². The Morgan fingerprint density at radius 3 is 2.72 bits per heavy atom. The summed E-state index contributed by atoms with van der Waals surface area (Å²) in [5, 5.41) is 12.9. The fourth-order valence-corrected chi connectivity index (χ4v) is 3.96. The van der Waals surface area contributed by atoms with Crippen molar-refractivity contribution in [2.24, 2.45) is 0 Å². The highest BCUT2D eigenvalue weighted by Gasteiger charge is 2.51. The third-order valence-corrected chi connectivity index (χ3v) is 5.37. The van der Waals surface area contributed by atoms with Gasteiger partial charge >= 0.3 is 6.09 Å². The van der Waals surface area contributed by atoms with E-state index in [1.807, 2.05) is 35.2 Å². The molecule has 1 saturated heterocycles. The highest BCUT2D eigenvalue weighted by Crippen LogP contribution is 2.44. The monoisotopic (exact) mass is 393 g/mol. The van der Waals surface area contributed by atoms with Crippen molar-refractivity contribution in [3.63, 3.8) is 0 Å². The second kappa shape index (κ2) is 6.73. The second-order valence-electron chi connectivity index (χ2n) is 7.06. The van der Waals surface area contributed by atoms with Gasteiger partial charge in [0.15, 0.2) is 11.5 Å². The van der Waals surface area contributed by atoms with Crippen LogP contribution >= 0.6 is 0 Å². The number of nitrogens with one attached hydrogen (secondary N) is 1. The zero-order valence-corrected chi connectivity index (χ0v) is 15.5. The van der Waals surface area contributed by atoms with E-state index in [2.05, 4.69) is 5.32 Å². The lowest BCUT2D eigenvalue weighted by molar-refractivity contribution is -0.139. The molecule has 0 spiro atoms. The molecular formula is C21H19N3O5. The summed E-state index contributed by atoms with van der Waals surface area (Å²) < 4.78 is 10.8. The Morgan fingerprint density at radius 2 is 1.93 bits per heavy atom. The van der Waals surface area contributed by atoms with Gasteiger partial charge in [-0.1, -0.05) is 36.4 Å². The first-order valence-corrected chi connectivity index (χ1v) is 9.37. The first-order chi connectivity index (χ1) is 14.1.